The summed E-state index contributed by atoms with van der Waals surface area (Å²) >= 11 is 0. The van der Waals surface area contributed by atoms with Gasteiger partial charge in [0.2, 0.25) is 0 Å². The van der Waals surface area contributed by atoms with Crippen LogP contribution in [-0.2, 0) is 17.9 Å². The van der Waals surface area contributed by atoms with Crippen LogP contribution in [0, 0.1) is 0 Å². The first kappa shape index (κ1) is 22.5. The molecule has 5 nitrogen and oxygen atoms in total. The Bertz CT molecular complexity index is 497. The molecular weight excluding hydrogens is 324 g/mol. The van der Waals surface area contributed by atoms with Gasteiger partial charge in [0.1, 0.15) is 0 Å². The van der Waals surface area contributed by atoms with Crippen molar-refractivity contribution < 1.29 is 4.74 Å². The van der Waals surface area contributed by atoms with Gasteiger partial charge in [-0.15, -0.1) is 0 Å². The number of guanidine groups is 1. The van der Waals surface area contributed by atoms with Crippen molar-refractivity contribution in [2.24, 2.45) is 4.99 Å². The smallest absolute Gasteiger partial charge is 0.191 e. The van der Waals surface area contributed by atoms with Crippen LogP contribution < -0.4 is 10.6 Å². The van der Waals surface area contributed by atoms with Gasteiger partial charge in [0.25, 0.3) is 0 Å². The summed E-state index contributed by atoms with van der Waals surface area (Å²) in [7, 11) is 1.82. The molecule has 0 aliphatic rings. The van der Waals surface area contributed by atoms with Crippen LogP contribution >= 0.6 is 0 Å². The molecule has 0 aliphatic heterocycles. The van der Waals surface area contributed by atoms with Crippen LogP contribution in [0.2, 0.25) is 0 Å². The fourth-order valence-electron chi connectivity index (χ4n) is 2.82. The molecule has 0 heterocycles. The van der Waals surface area contributed by atoms with Crippen LogP contribution in [0.25, 0.3) is 0 Å². The number of hydrogen-bond donors (Lipinski definition) is 2. The topological polar surface area (TPSA) is 48.9 Å². The lowest BCUT2D eigenvalue weighted by Gasteiger charge is -2.21. The number of ether oxygens (including phenoxy) is 1. The Labute approximate surface area is 160 Å². The number of nitrogens with zero attached hydrogens (tertiary/aromatic N) is 2. The summed E-state index contributed by atoms with van der Waals surface area (Å²) in [6.45, 7) is 14.3. The second-order valence-corrected chi connectivity index (χ2v) is 6.59. The summed E-state index contributed by atoms with van der Waals surface area (Å²) in [6, 6.07) is 8.94. The molecule has 1 aromatic rings. The predicted molar refractivity (Wildman–Crippen MR) is 112 cm³/mol. The van der Waals surface area contributed by atoms with E-state index in [0.717, 1.165) is 38.6 Å². The third-order valence-electron chi connectivity index (χ3n) is 4.57. The van der Waals surface area contributed by atoms with Gasteiger partial charge in [-0.1, -0.05) is 38.1 Å². The molecule has 0 saturated carbocycles. The zero-order valence-electron chi connectivity index (χ0n) is 17.3. The summed E-state index contributed by atoms with van der Waals surface area (Å²) in [5, 5.41) is 6.88. The second kappa shape index (κ2) is 13.6. The van der Waals surface area contributed by atoms with E-state index in [2.05, 4.69) is 65.6 Å². The second-order valence-electron chi connectivity index (χ2n) is 6.59. The Hall–Kier alpha value is -1.59. The predicted octanol–water partition coefficient (Wildman–Crippen LogP) is 3.40. The summed E-state index contributed by atoms with van der Waals surface area (Å²) in [5.41, 5.74) is 2.45. The highest BCUT2D eigenvalue weighted by Gasteiger charge is 2.06. The molecule has 0 bridgehead atoms. The Morgan fingerprint density at radius 2 is 1.77 bits per heavy atom. The van der Waals surface area contributed by atoms with E-state index in [1.54, 1.807) is 0 Å². The normalized spacial score (nSPS) is 13.1. The Kier molecular flexibility index (Phi) is 11.7. The molecule has 1 aromatic carbocycles. The Morgan fingerprint density at radius 3 is 2.35 bits per heavy atom. The molecule has 0 spiro atoms. The highest BCUT2D eigenvalue weighted by molar-refractivity contribution is 5.79. The van der Waals surface area contributed by atoms with Gasteiger partial charge < -0.3 is 20.3 Å². The van der Waals surface area contributed by atoms with Gasteiger partial charge in [-0.05, 0) is 57.5 Å². The average molecular weight is 363 g/mol. The van der Waals surface area contributed by atoms with Crippen LogP contribution in [0.4, 0.5) is 0 Å². The largest absolute Gasteiger partial charge is 0.377 e. The summed E-state index contributed by atoms with van der Waals surface area (Å²) in [6.07, 6.45) is 2.34. The van der Waals surface area contributed by atoms with Crippen LogP contribution in [0.15, 0.2) is 29.3 Å². The molecule has 0 fully saturated rings. The van der Waals surface area contributed by atoms with Crippen LogP contribution in [0.1, 0.15) is 51.7 Å². The van der Waals surface area contributed by atoms with E-state index in [4.69, 9.17) is 4.74 Å². The minimum absolute atomic E-state index is 0.408. The molecule has 1 atom stereocenters. The first-order chi connectivity index (χ1) is 12.6. The third kappa shape index (κ3) is 9.20. The fourth-order valence-corrected chi connectivity index (χ4v) is 2.82. The van der Waals surface area contributed by atoms with Crippen molar-refractivity contribution in [3.05, 3.63) is 35.4 Å². The van der Waals surface area contributed by atoms with Crippen molar-refractivity contribution in [1.29, 1.82) is 0 Å². The molecule has 1 unspecified atom stereocenters. The van der Waals surface area contributed by atoms with Crippen LogP contribution in [0.3, 0.4) is 0 Å². The quantitative estimate of drug-likeness (QED) is 0.442. The lowest BCUT2D eigenvalue weighted by Crippen LogP contribution is -2.42. The van der Waals surface area contributed by atoms with E-state index >= 15 is 0 Å². The highest BCUT2D eigenvalue weighted by Crippen LogP contribution is 2.06. The minimum atomic E-state index is 0.408. The van der Waals surface area contributed by atoms with Gasteiger partial charge in [0.15, 0.2) is 5.96 Å². The Morgan fingerprint density at radius 1 is 1.12 bits per heavy atom. The number of rotatable bonds is 12. The SMILES string of the molecule is CCOCc1ccc(CNC(=NC)NC(C)CCCN(CC)CC)cc1. The molecule has 0 amide bonds. The standard InChI is InChI=1S/C21H38N4O/c1-6-25(7-2)15-9-10-18(4)24-21(22-5)23-16-19-11-13-20(14-12-19)17-26-8-3/h11-14,18H,6-10,15-17H2,1-5H3,(H2,22,23,24). The molecule has 148 valence electrons. The number of nitrogens with one attached hydrogen (secondary N) is 2. The lowest BCUT2D eigenvalue weighted by atomic mass is 10.1. The monoisotopic (exact) mass is 362 g/mol. The third-order valence-corrected chi connectivity index (χ3v) is 4.57. The van der Waals surface area contributed by atoms with Crippen molar-refractivity contribution in [3.8, 4) is 0 Å². The summed E-state index contributed by atoms with van der Waals surface area (Å²) in [5.74, 6) is 0.860. The molecule has 26 heavy (non-hydrogen) atoms. The molecule has 0 aliphatic carbocycles. The Balaban J connectivity index is 2.33. The van der Waals surface area contributed by atoms with E-state index in [1.165, 1.54) is 24.1 Å². The van der Waals surface area contributed by atoms with Crippen molar-refractivity contribution in [2.45, 2.75) is 59.7 Å². The zero-order chi connectivity index (χ0) is 19.2. The zero-order valence-corrected chi connectivity index (χ0v) is 17.3. The van der Waals surface area contributed by atoms with Crippen molar-refractivity contribution in [3.63, 3.8) is 0 Å². The van der Waals surface area contributed by atoms with Gasteiger partial charge in [-0.2, -0.15) is 0 Å². The number of aliphatic imine (C=N–C) groups is 1. The van der Waals surface area contributed by atoms with Gasteiger partial charge in [-0.3, -0.25) is 4.99 Å². The van der Waals surface area contributed by atoms with Gasteiger partial charge >= 0.3 is 0 Å². The van der Waals surface area contributed by atoms with Crippen molar-refractivity contribution in [1.82, 2.24) is 15.5 Å². The van der Waals surface area contributed by atoms with Gasteiger partial charge in [0.05, 0.1) is 6.61 Å². The first-order valence-electron chi connectivity index (χ1n) is 9.97. The maximum Gasteiger partial charge on any atom is 0.191 e. The average Bonchev–Trinajstić information content (AvgIpc) is 2.67. The van der Waals surface area contributed by atoms with E-state index in [1.807, 2.05) is 14.0 Å². The first-order valence-corrected chi connectivity index (χ1v) is 9.97. The van der Waals surface area contributed by atoms with Crippen molar-refractivity contribution >= 4 is 5.96 Å². The van der Waals surface area contributed by atoms with Crippen LogP contribution in [0.5, 0.6) is 0 Å². The molecule has 5 heteroatoms. The van der Waals surface area contributed by atoms with E-state index in [-0.39, 0.29) is 0 Å². The molecule has 0 aromatic heterocycles. The number of benzene rings is 1. The molecular formula is C21H38N4O. The molecule has 0 radical (unpaired) electrons. The van der Waals surface area contributed by atoms with E-state index in [0.29, 0.717) is 12.6 Å². The molecule has 1 rings (SSSR count). The van der Waals surface area contributed by atoms with E-state index < -0.39 is 0 Å². The minimum Gasteiger partial charge on any atom is -0.377 e. The summed E-state index contributed by atoms with van der Waals surface area (Å²) in [4.78, 5) is 6.81. The molecule has 0 saturated heterocycles. The maximum absolute atomic E-state index is 5.43. The number of hydrogen-bond acceptors (Lipinski definition) is 3. The van der Waals surface area contributed by atoms with Gasteiger partial charge in [0, 0.05) is 26.2 Å². The highest BCUT2D eigenvalue weighted by atomic mass is 16.5. The lowest BCUT2D eigenvalue weighted by molar-refractivity contribution is 0.134. The summed E-state index contributed by atoms with van der Waals surface area (Å²) < 4.78 is 5.43. The van der Waals surface area contributed by atoms with Crippen molar-refractivity contribution in [2.75, 3.05) is 33.3 Å². The maximum atomic E-state index is 5.43. The van der Waals surface area contributed by atoms with Gasteiger partial charge in [-0.25, -0.2) is 0 Å². The fraction of sp³-hybridized carbons (Fsp3) is 0.667. The van der Waals surface area contributed by atoms with Crippen LogP contribution in [-0.4, -0.2) is 50.2 Å². The molecule has 2 N–H and O–H groups in total. The van der Waals surface area contributed by atoms with E-state index in [9.17, 15) is 0 Å².